The van der Waals surface area contributed by atoms with E-state index < -0.39 is 5.76 Å². The minimum absolute atomic E-state index is 0.0868. The number of nitrogens with zero attached hydrogens (tertiary/aromatic N) is 3. The van der Waals surface area contributed by atoms with E-state index >= 15 is 0 Å². The highest BCUT2D eigenvalue weighted by atomic mass is 16.5. The molecule has 0 amide bonds. The van der Waals surface area contributed by atoms with Gasteiger partial charge in [-0.1, -0.05) is 18.2 Å². The van der Waals surface area contributed by atoms with Crippen LogP contribution in [0.1, 0.15) is 0 Å². The number of pyridine rings is 1. The van der Waals surface area contributed by atoms with Crippen LogP contribution in [0, 0.1) is 0 Å². The lowest BCUT2D eigenvalue weighted by atomic mass is 10.2. The molecule has 0 aliphatic rings. The fourth-order valence-electron chi connectivity index (χ4n) is 3.45. The van der Waals surface area contributed by atoms with Gasteiger partial charge in [-0.3, -0.25) is 4.98 Å². The van der Waals surface area contributed by atoms with E-state index in [1.165, 1.54) is 4.68 Å². The predicted octanol–water partition coefficient (Wildman–Crippen LogP) is 4.93. The molecule has 5 aromatic rings. The van der Waals surface area contributed by atoms with Crippen LogP contribution < -0.4 is 25.3 Å². The molecule has 0 saturated carbocycles. The van der Waals surface area contributed by atoms with Gasteiger partial charge < -0.3 is 23.9 Å². The molecule has 1 N–H and O–H groups in total. The fourth-order valence-corrected chi connectivity index (χ4v) is 3.45. The molecule has 0 aliphatic heterocycles. The fraction of sp³-hybridized carbons (Fsp3) is 0.0800. The quantitative estimate of drug-likeness (QED) is 0.368. The van der Waals surface area contributed by atoms with Crippen LogP contribution in [0.15, 0.2) is 88.2 Å². The molecule has 0 atom stereocenters. The number of hydrogen-bond acceptors (Lipinski definition) is 8. The van der Waals surface area contributed by atoms with Crippen LogP contribution in [0.5, 0.6) is 23.0 Å². The number of fused-ring (bicyclic) bond motifs is 1. The van der Waals surface area contributed by atoms with Gasteiger partial charge in [0.25, 0.3) is 0 Å². The number of rotatable bonds is 7. The molecule has 3 aromatic carbocycles. The maximum atomic E-state index is 12.1. The van der Waals surface area contributed by atoms with Crippen molar-refractivity contribution in [2.24, 2.45) is 0 Å². The molecule has 9 heteroatoms. The van der Waals surface area contributed by atoms with Crippen molar-refractivity contribution < 1.29 is 18.6 Å². The van der Waals surface area contributed by atoms with Crippen molar-refractivity contribution >= 4 is 22.6 Å². The number of anilines is 2. The normalized spacial score (nSPS) is 10.8. The lowest BCUT2D eigenvalue weighted by Gasteiger charge is -2.12. The number of aromatic nitrogens is 3. The van der Waals surface area contributed by atoms with Gasteiger partial charge in [0.1, 0.15) is 11.5 Å². The standard InChI is InChI=1S/C25H20N4O5/c1-31-22-14-19-20(15-23(22)32-2)26-13-12-21(19)33-18-10-8-16(9-11-18)27-24-28-29(25(30)34-24)17-6-4-3-5-7-17/h3-15H,1-2H3,(H,27,28). The predicted molar refractivity (Wildman–Crippen MR) is 127 cm³/mol. The van der Waals surface area contributed by atoms with Crippen molar-refractivity contribution in [3.8, 4) is 28.7 Å². The average Bonchev–Trinajstić information content (AvgIpc) is 3.24. The van der Waals surface area contributed by atoms with E-state index in [0.29, 0.717) is 34.4 Å². The molecule has 2 heterocycles. The monoisotopic (exact) mass is 456 g/mol. The van der Waals surface area contributed by atoms with Gasteiger partial charge >= 0.3 is 11.8 Å². The van der Waals surface area contributed by atoms with Crippen molar-refractivity contribution in [1.29, 1.82) is 0 Å². The Labute approximate surface area is 194 Å². The summed E-state index contributed by atoms with van der Waals surface area (Å²) in [7, 11) is 3.16. The highest BCUT2D eigenvalue weighted by Gasteiger charge is 2.12. The van der Waals surface area contributed by atoms with E-state index in [0.717, 1.165) is 10.9 Å². The Morgan fingerprint density at radius 1 is 0.882 bits per heavy atom. The van der Waals surface area contributed by atoms with Crippen LogP contribution in [0.2, 0.25) is 0 Å². The summed E-state index contributed by atoms with van der Waals surface area (Å²) in [5, 5.41) is 7.97. The lowest BCUT2D eigenvalue weighted by molar-refractivity contribution is 0.355. The first-order valence-corrected chi connectivity index (χ1v) is 10.4. The molecule has 2 aromatic heterocycles. The van der Waals surface area contributed by atoms with Crippen LogP contribution in [-0.2, 0) is 0 Å². The molecule has 0 radical (unpaired) electrons. The topological polar surface area (TPSA) is 101 Å². The summed E-state index contributed by atoms with van der Waals surface area (Å²) in [4.78, 5) is 16.5. The van der Waals surface area contributed by atoms with E-state index in [1.807, 2.05) is 24.3 Å². The molecule has 0 aliphatic carbocycles. The van der Waals surface area contributed by atoms with Crippen LogP contribution in [0.25, 0.3) is 16.6 Å². The van der Waals surface area contributed by atoms with E-state index in [9.17, 15) is 4.79 Å². The molecule has 0 fully saturated rings. The number of methoxy groups -OCH3 is 2. The first-order valence-electron chi connectivity index (χ1n) is 10.4. The van der Waals surface area contributed by atoms with Crippen LogP contribution in [0.4, 0.5) is 11.7 Å². The largest absolute Gasteiger partial charge is 0.493 e. The Morgan fingerprint density at radius 2 is 1.62 bits per heavy atom. The van der Waals surface area contributed by atoms with E-state index in [1.54, 1.807) is 68.9 Å². The third-order valence-corrected chi connectivity index (χ3v) is 5.09. The summed E-state index contributed by atoms with van der Waals surface area (Å²) in [5.41, 5.74) is 2.02. The van der Waals surface area contributed by atoms with Crippen LogP contribution in [0.3, 0.4) is 0 Å². The summed E-state index contributed by atoms with van der Waals surface area (Å²) in [5.74, 6) is 1.84. The minimum atomic E-state index is -0.578. The first kappa shape index (κ1) is 21.1. The maximum absolute atomic E-state index is 12.1. The molecule has 9 nitrogen and oxygen atoms in total. The molecule has 0 bridgehead atoms. The Hall–Kier alpha value is -4.79. The SMILES string of the molecule is COc1cc2nccc(Oc3ccc(Nc4nn(-c5ccccc5)c(=O)o4)cc3)c2cc1OC. The van der Waals surface area contributed by atoms with Crippen molar-refractivity contribution in [3.05, 3.63) is 89.5 Å². The molecule has 0 unspecified atom stereocenters. The zero-order valence-corrected chi connectivity index (χ0v) is 18.4. The molecule has 170 valence electrons. The molecule has 0 spiro atoms. The second-order valence-electron chi connectivity index (χ2n) is 7.21. The van der Waals surface area contributed by atoms with Crippen molar-refractivity contribution in [2.45, 2.75) is 0 Å². The zero-order valence-electron chi connectivity index (χ0n) is 18.4. The van der Waals surface area contributed by atoms with Crippen LogP contribution >= 0.6 is 0 Å². The lowest BCUT2D eigenvalue weighted by Crippen LogP contribution is -2.12. The Kier molecular flexibility index (Phi) is 5.57. The first-order chi connectivity index (χ1) is 16.6. The molecule has 5 rings (SSSR count). The van der Waals surface area contributed by atoms with Crippen molar-refractivity contribution in [1.82, 2.24) is 14.8 Å². The summed E-state index contributed by atoms with van der Waals surface area (Å²) in [6, 6.07) is 21.7. The minimum Gasteiger partial charge on any atom is -0.493 e. The van der Waals surface area contributed by atoms with E-state index in [2.05, 4.69) is 15.4 Å². The van der Waals surface area contributed by atoms with E-state index in [-0.39, 0.29) is 6.01 Å². The number of hydrogen-bond donors (Lipinski definition) is 1. The number of nitrogens with one attached hydrogen (secondary N) is 1. The van der Waals surface area contributed by atoms with Crippen molar-refractivity contribution in [3.63, 3.8) is 0 Å². The van der Waals surface area contributed by atoms with Gasteiger partial charge in [-0.2, -0.15) is 4.68 Å². The van der Waals surface area contributed by atoms with Gasteiger partial charge in [-0.15, -0.1) is 5.10 Å². The smallest absolute Gasteiger partial charge is 0.443 e. The van der Waals surface area contributed by atoms with Gasteiger partial charge in [0, 0.05) is 23.3 Å². The Bertz CT molecular complexity index is 1490. The highest BCUT2D eigenvalue weighted by molar-refractivity contribution is 5.88. The second-order valence-corrected chi connectivity index (χ2v) is 7.21. The van der Waals surface area contributed by atoms with E-state index in [4.69, 9.17) is 18.6 Å². The number of benzene rings is 3. The second kappa shape index (κ2) is 8.99. The molecule has 0 saturated heterocycles. The maximum Gasteiger partial charge on any atom is 0.443 e. The Morgan fingerprint density at radius 3 is 2.35 bits per heavy atom. The number of para-hydroxylation sites is 1. The molecular weight excluding hydrogens is 436 g/mol. The zero-order chi connectivity index (χ0) is 23.5. The van der Waals surface area contributed by atoms with Gasteiger partial charge in [0.2, 0.25) is 0 Å². The number of ether oxygens (including phenoxy) is 3. The Balaban J connectivity index is 1.36. The summed E-state index contributed by atoms with van der Waals surface area (Å²) in [6.45, 7) is 0. The third-order valence-electron chi connectivity index (χ3n) is 5.09. The van der Waals surface area contributed by atoms with Gasteiger partial charge in [-0.25, -0.2) is 4.79 Å². The summed E-state index contributed by atoms with van der Waals surface area (Å²) in [6.07, 6.45) is 1.67. The molecule has 34 heavy (non-hydrogen) atoms. The van der Waals surface area contributed by atoms with Crippen molar-refractivity contribution in [2.75, 3.05) is 19.5 Å². The summed E-state index contributed by atoms with van der Waals surface area (Å²) < 4.78 is 23.3. The summed E-state index contributed by atoms with van der Waals surface area (Å²) >= 11 is 0. The van der Waals surface area contributed by atoms with Gasteiger partial charge in [0.05, 0.1) is 25.4 Å². The average molecular weight is 456 g/mol. The third kappa shape index (κ3) is 4.14. The van der Waals surface area contributed by atoms with Gasteiger partial charge in [0.15, 0.2) is 11.5 Å². The highest BCUT2D eigenvalue weighted by Crippen LogP contribution is 2.37. The molecular formula is C25H20N4O5. The van der Waals surface area contributed by atoms with Gasteiger partial charge in [-0.05, 0) is 48.5 Å². The van der Waals surface area contributed by atoms with Crippen LogP contribution in [-0.4, -0.2) is 29.0 Å².